The Balaban J connectivity index is 1.43. The molecular formula is C23H24N2O3. The van der Waals surface area contributed by atoms with E-state index in [1.165, 1.54) is 56.2 Å². The summed E-state index contributed by atoms with van der Waals surface area (Å²) in [5.41, 5.74) is 2.99. The lowest BCUT2D eigenvalue weighted by Crippen LogP contribution is -2.48. The number of phenols is 1. The number of benzene rings is 2. The van der Waals surface area contributed by atoms with E-state index in [9.17, 15) is 15.2 Å². The van der Waals surface area contributed by atoms with Crippen LogP contribution in [0.1, 0.15) is 49.7 Å². The molecule has 2 aromatic carbocycles. The van der Waals surface area contributed by atoms with Gasteiger partial charge in [0.05, 0.1) is 4.92 Å². The Kier molecular flexibility index (Phi) is 4.00. The minimum Gasteiger partial charge on any atom is -0.506 e. The van der Waals surface area contributed by atoms with Crippen molar-refractivity contribution in [2.24, 2.45) is 22.7 Å². The third kappa shape index (κ3) is 2.99. The first-order chi connectivity index (χ1) is 13.5. The molecular weight excluding hydrogens is 352 g/mol. The Morgan fingerprint density at radius 2 is 1.61 bits per heavy atom. The third-order valence-corrected chi connectivity index (χ3v) is 7.08. The van der Waals surface area contributed by atoms with E-state index >= 15 is 0 Å². The Morgan fingerprint density at radius 3 is 2.18 bits per heavy atom. The lowest BCUT2D eigenvalue weighted by atomic mass is 9.48. The number of nitrogens with zero attached hydrogens (tertiary/aromatic N) is 2. The molecule has 4 saturated carbocycles. The van der Waals surface area contributed by atoms with E-state index in [2.05, 4.69) is 17.1 Å². The summed E-state index contributed by atoms with van der Waals surface area (Å²) in [6, 6.07) is 12.2. The van der Waals surface area contributed by atoms with E-state index in [1.54, 1.807) is 24.4 Å². The van der Waals surface area contributed by atoms with E-state index < -0.39 is 4.92 Å². The van der Waals surface area contributed by atoms with Crippen LogP contribution in [0.5, 0.6) is 5.75 Å². The summed E-state index contributed by atoms with van der Waals surface area (Å²) in [6.07, 6.45) is 9.69. The minimum atomic E-state index is -0.415. The Morgan fingerprint density at radius 1 is 1.00 bits per heavy atom. The SMILES string of the molecule is O=[N+]([O-])c1ccc(C=Nc2cc(C34CC5CC(CC(C5)C3)C4)ccc2O)cc1. The Hall–Kier alpha value is -2.69. The molecule has 0 heterocycles. The van der Waals surface area contributed by atoms with Crippen LogP contribution in [-0.2, 0) is 5.41 Å². The topological polar surface area (TPSA) is 75.7 Å². The van der Waals surface area contributed by atoms with E-state index in [0.29, 0.717) is 5.69 Å². The van der Waals surface area contributed by atoms with E-state index in [0.717, 1.165) is 23.3 Å². The van der Waals surface area contributed by atoms with Crippen LogP contribution in [0.25, 0.3) is 0 Å². The van der Waals surface area contributed by atoms with Gasteiger partial charge in [0.1, 0.15) is 11.4 Å². The first-order valence-electron chi connectivity index (χ1n) is 10.1. The fraction of sp³-hybridized carbons (Fsp3) is 0.435. The van der Waals surface area contributed by atoms with E-state index in [-0.39, 0.29) is 16.9 Å². The predicted molar refractivity (Wildman–Crippen MR) is 108 cm³/mol. The van der Waals surface area contributed by atoms with Crippen molar-refractivity contribution in [3.63, 3.8) is 0 Å². The fourth-order valence-electron chi connectivity index (χ4n) is 6.25. The van der Waals surface area contributed by atoms with Crippen molar-refractivity contribution in [1.29, 1.82) is 0 Å². The number of hydrogen-bond acceptors (Lipinski definition) is 4. The second-order valence-electron chi connectivity index (χ2n) is 9.01. The van der Waals surface area contributed by atoms with Crippen molar-refractivity contribution in [3.8, 4) is 5.75 Å². The van der Waals surface area contributed by atoms with Gasteiger partial charge in [0, 0.05) is 18.3 Å². The highest BCUT2D eigenvalue weighted by Gasteiger charge is 2.51. The molecule has 28 heavy (non-hydrogen) atoms. The molecule has 4 fully saturated rings. The number of non-ortho nitro benzene ring substituents is 1. The third-order valence-electron chi connectivity index (χ3n) is 7.08. The van der Waals surface area contributed by atoms with Gasteiger partial charge < -0.3 is 5.11 Å². The zero-order valence-corrected chi connectivity index (χ0v) is 15.8. The molecule has 0 radical (unpaired) electrons. The summed E-state index contributed by atoms with van der Waals surface area (Å²) in [7, 11) is 0. The molecule has 0 spiro atoms. The molecule has 0 aromatic heterocycles. The smallest absolute Gasteiger partial charge is 0.269 e. The molecule has 0 aliphatic heterocycles. The van der Waals surface area contributed by atoms with Crippen molar-refractivity contribution >= 4 is 17.6 Å². The molecule has 0 unspecified atom stereocenters. The molecule has 6 rings (SSSR count). The van der Waals surface area contributed by atoms with Crippen molar-refractivity contribution in [2.75, 3.05) is 0 Å². The summed E-state index contributed by atoms with van der Waals surface area (Å²) in [5, 5.41) is 21.1. The summed E-state index contributed by atoms with van der Waals surface area (Å²) >= 11 is 0. The highest BCUT2D eigenvalue weighted by Crippen LogP contribution is 2.61. The monoisotopic (exact) mass is 376 g/mol. The number of nitro benzene ring substituents is 1. The first-order valence-corrected chi connectivity index (χ1v) is 10.1. The molecule has 4 bridgehead atoms. The van der Waals surface area contributed by atoms with Gasteiger partial charge in [-0.3, -0.25) is 15.1 Å². The molecule has 144 valence electrons. The molecule has 2 aromatic rings. The maximum Gasteiger partial charge on any atom is 0.269 e. The van der Waals surface area contributed by atoms with Crippen LogP contribution >= 0.6 is 0 Å². The second-order valence-corrected chi connectivity index (χ2v) is 9.01. The van der Waals surface area contributed by atoms with Crippen LogP contribution in [0.3, 0.4) is 0 Å². The molecule has 5 nitrogen and oxygen atoms in total. The first kappa shape index (κ1) is 17.4. The average Bonchev–Trinajstić information content (AvgIpc) is 2.66. The summed E-state index contributed by atoms with van der Waals surface area (Å²) < 4.78 is 0. The highest BCUT2D eigenvalue weighted by molar-refractivity contribution is 5.83. The Labute approximate surface area is 164 Å². The molecule has 4 aliphatic rings. The van der Waals surface area contributed by atoms with Crippen molar-refractivity contribution in [2.45, 2.75) is 43.9 Å². The van der Waals surface area contributed by atoms with Gasteiger partial charge in [-0.25, -0.2) is 0 Å². The van der Waals surface area contributed by atoms with Crippen LogP contribution in [0.2, 0.25) is 0 Å². The van der Waals surface area contributed by atoms with Gasteiger partial charge in [-0.2, -0.15) is 0 Å². The normalized spacial score (nSPS) is 30.8. The van der Waals surface area contributed by atoms with Crippen molar-refractivity contribution in [3.05, 3.63) is 63.7 Å². The van der Waals surface area contributed by atoms with Crippen LogP contribution < -0.4 is 0 Å². The highest BCUT2D eigenvalue weighted by atomic mass is 16.6. The van der Waals surface area contributed by atoms with Gasteiger partial charge in [-0.05, 0) is 97.1 Å². The summed E-state index contributed by atoms with van der Waals surface area (Å²) in [5.74, 6) is 2.78. The summed E-state index contributed by atoms with van der Waals surface area (Å²) in [6.45, 7) is 0. The molecule has 0 saturated heterocycles. The number of phenolic OH excluding ortho intramolecular Hbond substituents is 1. The zero-order chi connectivity index (χ0) is 19.3. The van der Waals surface area contributed by atoms with Crippen molar-refractivity contribution in [1.82, 2.24) is 0 Å². The van der Waals surface area contributed by atoms with Crippen LogP contribution in [0.15, 0.2) is 47.5 Å². The minimum absolute atomic E-state index is 0.0591. The second kappa shape index (κ2) is 6.43. The van der Waals surface area contributed by atoms with E-state index in [4.69, 9.17) is 0 Å². The maximum atomic E-state index is 10.8. The van der Waals surface area contributed by atoms with Crippen LogP contribution in [0.4, 0.5) is 11.4 Å². The van der Waals surface area contributed by atoms with Crippen LogP contribution in [-0.4, -0.2) is 16.2 Å². The van der Waals surface area contributed by atoms with Crippen LogP contribution in [0, 0.1) is 27.9 Å². The predicted octanol–water partition coefficient (Wildman–Crippen LogP) is 5.52. The van der Waals surface area contributed by atoms with E-state index in [1.807, 2.05) is 0 Å². The largest absolute Gasteiger partial charge is 0.506 e. The lowest BCUT2D eigenvalue weighted by Gasteiger charge is -2.57. The lowest BCUT2D eigenvalue weighted by molar-refractivity contribution is -0.384. The average molecular weight is 376 g/mol. The van der Waals surface area contributed by atoms with Gasteiger partial charge >= 0.3 is 0 Å². The van der Waals surface area contributed by atoms with Gasteiger partial charge in [0.15, 0.2) is 0 Å². The molecule has 0 amide bonds. The standard InChI is InChI=1S/C23H24N2O3/c26-22-6-3-19(23-11-16-7-17(12-23)9-18(8-16)13-23)10-21(22)24-14-15-1-4-20(5-2-15)25(27)28/h1-6,10,14,16-18,26H,7-9,11-13H2. The molecule has 0 atom stereocenters. The quantitative estimate of drug-likeness (QED) is 0.434. The number of nitro groups is 1. The number of hydrogen-bond donors (Lipinski definition) is 1. The van der Waals surface area contributed by atoms with Gasteiger partial charge in [-0.15, -0.1) is 0 Å². The van der Waals surface area contributed by atoms with Gasteiger partial charge in [-0.1, -0.05) is 6.07 Å². The number of aliphatic imine (C=N–C) groups is 1. The maximum absolute atomic E-state index is 10.8. The van der Waals surface area contributed by atoms with Gasteiger partial charge in [0.2, 0.25) is 0 Å². The number of rotatable bonds is 4. The molecule has 4 aliphatic carbocycles. The Bertz CT molecular complexity index is 914. The fourth-order valence-corrected chi connectivity index (χ4v) is 6.25. The summed E-state index contributed by atoms with van der Waals surface area (Å²) in [4.78, 5) is 14.9. The molecule has 1 N–H and O–H groups in total. The number of aromatic hydroxyl groups is 1. The van der Waals surface area contributed by atoms with Gasteiger partial charge in [0.25, 0.3) is 5.69 Å². The zero-order valence-electron chi connectivity index (χ0n) is 15.8. The molecule has 5 heteroatoms. The van der Waals surface area contributed by atoms with Crippen molar-refractivity contribution < 1.29 is 10.0 Å².